The van der Waals surface area contributed by atoms with Crippen LogP contribution in [0.1, 0.15) is 16.2 Å². The minimum Gasteiger partial charge on any atom is -0.351 e. The minimum absolute atomic E-state index is 0.263. The number of nitrogens with zero attached hydrogens (tertiary/aromatic N) is 3. The number of amides is 1. The Bertz CT molecular complexity index is 557. The van der Waals surface area contributed by atoms with E-state index in [2.05, 4.69) is 46.8 Å². The number of pyridine rings is 1. The van der Waals surface area contributed by atoms with Gasteiger partial charge in [0.25, 0.3) is 5.91 Å². The molecule has 8 nitrogen and oxygen atoms in total. The Balaban J connectivity index is 1.97. The molecule has 0 bridgehead atoms. The molecule has 0 fully saturated rings. The number of aromatic nitrogens is 4. The summed E-state index contributed by atoms with van der Waals surface area (Å²) in [6.45, 7) is 0.435. The normalized spacial score (nSPS) is 10.2. The molecular formula is C10H12BrN7O. The summed E-state index contributed by atoms with van der Waals surface area (Å²) in [5.74, 6) is 6.08. The van der Waals surface area contributed by atoms with E-state index in [0.717, 1.165) is 0 Å². The summed E-state index contributed by atoms with van der Waals surface area (Å²) < 4.78 is 0.701. The summed E-state index contributed by atoms with van der Waals surface area (Å²) in [6, 6.07) is 1.64. The van der Waals surface area contributed by atoms with Gasteiger partial charge < -0.3 is 10.7 Å². The van der Waals surface area contributed by atoms with Gasteiger partial charge in [-0.15, -0.1) is 0 Å². The molecule has 5 N–H and O–H groups in total. The van der Waals surface area contributed by atoms with E-state index in [9.17, 15) is 4.79 Å². The van der Waals surface area contributed by atoms with E-state index in [4.69, 9.17) is 5.84 Å². The molecule has 0 saturated heterocycles. The molecule has 19 heavy (non-hydrogen) atoms. The summed E-state index contributed by atoms with van der Waals surface area (Å²) >= 11 is 3.26. The fourth-order valence-corrected chi connectivity index (χ4v) is 1.80. The molecule has 0 radical (unpaired) electrons. The average Bonchev–Trinajstić information content (AvgIpc) is 2.91. The molecule has 0 spiro atoms. The third-order valence-electron chi connectivity index (χ3n) is 2.35. The summed E-state index contributed by atoms with van der Waals surface area (Å²) in [6.07, 6.45) is 3.55. The standard InChI is InChI=1S/C10H12BrN7O/c11-6-3-7(9(17-12)14-4-6)10(19)13-2-1-8-15-5-16-18-8/h3-5H,1-2,12H2,(H,13,19)(H,14,17)(H,15,16,18). The second-order valence-electron chi connectivity index (χ2n) is 3.63. The maximum absolute atomic E-state index is 12.0. The van der Waals surface area contributed by atoms with Crippen LogP contribution in [-0.4, -0.2) is 32.6 Å². The fourth-order valence-electron chi connectivity index (χ4n) is 1.47. The van der Waals surface area contributed by atoms with E-state index in [1.54, 1.807) is 12.3 Å². The molecule has 0 aliphatic rings. The van der Waals surface area contributed by atoms with Crippen molar-refractivity contribution in [2.45, 2.75) is 6.42 Å². The zero-order valence-electron chi connectivity index (χ0n) is 9.85. The molecule has 0 aliphatic heterocycles. The highest BCUT2D eigenvalue weighted by Gasteiger charge is 2.12. The molecule has 100 valence electrons. The number of anilines is 1. The summed E-state index contributed by atoms with van der Waals surface area (Å²) in [5.41, 5.74) is 2.76. The zero-order chi connectivity index (χ0) is 13.7. The highest BCUT2D eigenvalue weighted by molar-refractivity contribution is 9.10. The number of hydrogen-bond donors (Lipinski definition) is 4. The Morgan fingerprint density at radius 3 is 3.00 bits per heavy atom. The molecule has 0 atom stereocenters. The van der Waals surface area contributed by atoms with Gasteiger partial charge in [-0.1, -0.05) is 0 Å². The van der Waals surface area contributed by atoms with Crippen molar-refractivity contribution in [1.82, 2.24) is 25.5 Å². The maximum atomic E-state index is 12.0. The quantitative estimate of drug-likeness (QED) is 0.461. The van der Waals surface area contributed by atoms with Crippen LogP contribution < -0.4 is 16.6 Å². The van der Waals surface area contributed by atoms with Gasteiger partial charge in [0, 0.05) is 23.6 Å². The highest BCUT2D eigenvalue weighted by atomic mass is 79.9. The second-order valence-corrected chi connectivity index (χ2v) is 4.55. The number of carbonyl (C=O) groups excluding carboxylic acids is 1. The van der Waals surface area contributed by atoms with Gasteiger partial charge in [-0.3, -0.25) is 9.89 Å². The number of nitrogens with one attached hydrogen (secondary N) is 3. The van der Waals surface area contributed by atoms with E-state index in [1.165, 1.54) is 6.33 Å². The van der Waals surface area contributed by atoms with Crippen molar-refractivity contribution in [3.05, 3.63) is 34.5 Å². The molecular weight excluding hydrogens is 314 g/mol. The summed E-state index contributed by atoms with van der Waals surface area (Å²) in [4.78, 5) is 20.0. The van der Waals surface area contributed by atoms with E-state index in [1.807, 2.05) is 0 Å². The van der Waals surface area contributed by atoms with Crippen molar-refractivity contribution in [3.8, 4) is 0 Å². The van der Waals surface area contributed by atoms with Crippen LogP contribution in [0.3, 0.4) is 0 Å². The number of halogens is 1. The lowest BCUT2D eigenvalue weighted by Gasteiger charge is -2.08. The van der Waals surface area contributed by atoms with Gasteiger partial charge >= 0.3 is 0 Å². The van der Waals surface area contributed by atoms with Gasteiger partial charge in [0.1, 0.15) is 12.2 Å². The lowest BCUT2D eigenvalue weighted by Crippen LogP contribution is -2.27. The van der Waals surface area contributed by atoms with Gasteiger partial charge in [-0.25, -0.2) is 15.8 Å². The number of H-pyrrole nitrogens is 1. The third kappa shape index (κ3) is 3.48. The lowest BCUT2D eigenvalue weighted by molar-refractivity contribution is 0.0954. The van der Waals surface area contributed by atoms with Crippen LogP contribution in [0.5, 0.6) is 0 Å². The minimum atomic E-state index is -0.263. The van der Waals surface area contributed by atoms with Crippen LogP contribution in [0.25, 0.3) is 0 Å². The first kappa shape index (κ1) is 13.4. The number of carbonyl (C=O) groups is 1. The number of hydrogen-bond acceptors (Lipinski definition) is 6. The molecule has 2 heterocycles. The molecule has 0 aromatic carbocycles. The Hall–Kier alpha value is -2.00. The van der Waals surface area contributed by atoms with Crippen molar-refractivity contribution in [1.29, 1.82) is 0 Å². The summed E-state index contributed by atoms with van der Waals surface area (Å²) in [5, 5.41) is 9.20. The van der Waals surface area contributed by atoms with Crippen LogP contribution in [-0.2, 0) is 6.42 Å². The highest BCUT2D eigenvalue weighted by Crippen LogP contribution is 2.16. The zero-order valence-corrected chi connectivity index (χ0v) is 11.4. The monoisotopic (exact) mass is 325 g/mol. The van der Waals surface area contributed by atoms with E-state index >= 15 is 0 Å². The van der Waals surface area contributed by atoms with Gasteiger partial charge in [0.15, 0.2) is 5.82 Å². The van der Waals surface area contributed by atoms with Crippen molar-refractivity contribution in [3.63, 3.8) is 0 Å². The molecule has 2 aromatic heterocycles. The molecule has 0 aliphatic carbocycles. The third-order valence-corrected chi connectivity index (χ3v) is 2.78. The van der Waals surface area contributed by atoms with Gasteiger partial charge in [0.2, 0.25) is 0 Å². The Morgan fingerprint density at radius 2 is 2.32 bits per heavy atom. The number of nitrogen functional groups attached to an aromatic ring is 1. The van der Waals surface area contributed by atoms with Crippen molar-refractivity contribution in [2.75, 3.05) is 12.0 Å². The van der Waals surface area contributed by atoms with Crippen LogP contribution in [0, 0.1) is 0 Å². The van der Waals surface area contributed by atoms with Crippen molar-refractivity contribution in [2.24, 2.45) is 5.84 Å². The summed E-state index contributed by atoms with van der Waals surface area (Å²) in [7, 11) is 0. The van der Waals surface area contributed by atoms with Crippen molar-refractivity contribution >= 4 is 27.7 Å². The van der Waals surface area contributed by atoms with E-state index in [0.29, 0.717) is 34.6 Å². The number of rotatable bonds is 5. The lowest BCUT2D eigenvalue weighted by atomic mass is 10.2. The number of nitrogens with two attached hydrogens (primary N) is 1. The SMILES string of the molecule is NNc1ncc(Br)cc1C(=O)NCCc1ncn[nH]1. The van der Waals surface area contributed by atoms with E-state index < -0.39 is 0 Å². The smallest absolute Gasteiger partial charge is 0.255 e. The van der Waals surface area contributed by atoms with Crippen LogP contribution in [0.4, 0.5) is 5.82 Å². The molecule has 2 rings (SSSR count). The fraction of sp³-hybridized carbons (Fsp3) is 0.200. The Morgan fingerprint density at radius 1 is 1.47 bits per heavy atom. The van der Waals surface area contributed by atoms with Gasteiger partial charge in [-0.2, -0.15) is 5.10 Å². The first-order valence-electron chi connectivity index (χ1n) is 5.45. The van der Waals surface area contributed by atoms with Gasteiger partial charge in [0.05, 0.1) is 5.56 Å². The number of hydrazine groups is 1. The Labute approximate surface area is 117 Å². The number of aromatic amines is 1. The first-order valence-corrected chi connectivity index (χ1v) is 6.24. The molecule has 0 saturated carbocycles. The second kappa shape index (κ2) is 6.25. The van der Waals surface area contributed by atoms with E-state index in [-0.39, 0.29) is 5.91 Å². The molecule has 0 unspecified atom stereocenters. The molecule has 2 aromatic rings. The Kier molecular flexibility index (Phi) is 4.42. The van der Waals surface area contributed by atoms with Crippen molar-refractivity contribution < 1.29 is 4.79 Å². The molecule has 1 amide bonds. The largest absolute Gasteiger partial charge is 0.351 e. The van der Waals surface area contributed by atoms with Crippen LogP contribution >= 0.6 is 15.9 Å². The predicted molar refractivity (Wildman–Crippen MR) is 72.2 cm³/mol. The first-order chi connectivity index (χ1) is 9.20. The topological polar surface area (TPSA) is 122 Å². The molecule has 9 heteroatoms. The van der Waals surface area contributed by atoms with Crippen LogP contribution in [0.2, 0.25) is 0 Å². The van der Waals surface area contributed by atoms with Crippen LogP contribution in [0.15, 0.2) is 23.1 Å². The maximum Gasteiger partial charge on any atom is 0.255 e. The predicted octanol–water partition coefficient (Wildman–Crippen LogP) is 0.220. The van der Waals surface area contributed by atoms with Gasteiger partial charge in [-0.05, 0) is 22.0 Å². The average molecular weight is 326 g/mol.